The summed E-state index contributed by atoms with van der Waals surface area (Å²) in [5.74, 6) is -2.66. The number of pyridine rings is 1. The first-order chi connectivity index (χ1) is 20.8. The number of anilines is 1. The van der Waals surface area contributed by atoms with Crippen molar-refractivity contribution < 1.29 is 23.8 Å². The van der Waals surface area contributed by atoms with Crippen LogP contribution in [0.4, 0.5) is 10.1 Å². The van der Waals surface area contributed by atoms with E-state index in [9.17, 15) is 23.9 Å². The maximum atomic E-state index is 14.6. The molecule has 6 rings (SSSR count). The minimum absolute atomic E-state index is 0.231. The van der Waals surface area contributed by atoms with Gasteiger partial charge in [-0.15, -0.1) is 11.8 Å². The van der Waals surface area contributed by atoms with Crippen molar-refractivity contribution in [1.82, 2.24) is 9.88 Å². The molecule has 3 N–H and O–H groups in total. The van der Waals surface area contributed by atoms with Gasteiger partial charge >= 0.3 is 5.97 Å². The first kappa shape index (κ1) is 28.8. The Kier molecular flexibility index (Phi) is 8.12. The second kappa shape index (κ2) is 12.1. The van der Waals surface area contributed by atoms with E-state index in [4.69, 9.17) is 4.74 Å². The normalized spacial score (nSPS) is 18.9. The Labute approximate surface area is 252 Å². The number of hydrogen-bond acceptors (Lipinski definition) is 7. The Morgan fingerprint density at radius 2 is 1.93 bits per heavy atom. The molecule has 2 heterocycles. The predicted octanol–water partition coefficient (Wildman–Crippen LogP) is 5.93. The highest BCUT2D eigenvalue weighted by Crippen LogP contribution is 2.47. The summed E-state index contributed by atoms with van der Waals surface area (Å²) in [4.78, 5) is 45.7. The largest absolute Gasteiger partial charge is 0.505 e. The van der Waals surface area contributed by atoms with Crippen molar-refractivity contribution in [3.05, 3.63) is 100 Å². The molecule has 0 radical (unpaired) electrons. The van der Waals surface area contributed by atoms with Crippen molar-refractivity contribution in [2.24, 2.45) is 5.92 Å². The Morgan fingerprint density at radius 1 is 1.12 bits per heavy atom. The summed E-state index contributed by atoms with van der Waals surface area (Å²) in [6.07, 6.45) is 4.24. The smallest absolute Gasteiger partial charge is 0.311 e. The molecule has 43 heavy (non-hydrogen) atoms. The summed E-state index contributed by atoms with van der Waals surface area (Å²) in [5.41, 5.74) is 1.45. The second-order valence-electron chi connectivity index (χ2n) is 10.9. The van der Waals surface area contributed by atoms with Gasteiger partial charge in [0, 0.05) is 34.0 Å². The van der Waals surface area contributed by atoms with Crippen LogP contribution < -0.4 is 10.9 Å². The highest BCUT2D eigenvalue weighted by atomic mass is 32.2. The van der Waals surface area contributed by atoms with Crippen molar-refractivity contribution in [3.63, 3.8) is 0 Å². The minimum atomic E-state index is -1.06. The monoisotopic (exact) mass is 601 g/mol. The van der Waals surface area contributed by atoms with E-state index < -0.39 is 29.6 Å². The van der Waals surface area contributed by atoms with Crippen molar-refractivity contribution in [1.29, 1.82) is 0 Å². The molecule has 0 bridgehead atoms. The van der Waals surface area contributed by atoms with Crippen molar-refractivity contribution in [2.45, 2.75) is 48.4 Å². The number of aromatic nitrogens is 1. The lowest BCUT2D eigenvalue weighted by molar-refractivity contribution is -0.149. The molecule has 2 fully saturated rings. The fourth-order valence-corrected chi connectivity index (χ4v) is 6.93. The lowest BCUT2D eigenvalue weighted by atomic mass is 9.93. The van der Waals surface area contributed by atoms with E-state index in [1.165, 1.54) is 12.1 Å². The van der Waals surface area contributed by atoms with Crippen molar-refractivity contribution in [2.75, 3.05) is 18.5 Å². The molecule has 1 aromatic heterocycles. The highest BCUT2D eigenvalue weighted by Gasteiger charge is 2.46. The van der Waals surface area contributed by atoms with Crippen LogP contribution in [-0.4, -0.2) is 45.3 Å². The molecule has 1 aliphatic carbocycles. The molecule has 1 amide bonds. The summed E-state index contributed by atoms with van der Waals surface area (Å²) in [6.45, 7) is 2.30. The van der Waals surface area contributed by atoms with Crippen LogP contribution in [0, 0.1) is 11.7 Å². The third kappa shape index (κ3) is 5.97. The van der Waals surface area contributed by atoms with Gasteiger partial charge in [0.15, 0.2) is 11.6 Å². The standard InChI is InChI=1S/C33H32FN3O5S/c1-2-42-33(41)24-14-16-37(30(24)23-5-3-4-6-28(23)43-22-10-11-22)32(40)29(20-8-12-26(34)27(38)17-20)36-21-9-7-19-13-15-35-31(39)25(19)18-21/h3-9,12-13,15,17-18,22,24,29-30,36,38H,2,10-11,14,16H2,1H3,(H,35,39)/t24-,29+,30-/m0/s1. The second-order valence-corrected chi connectivity index (χ2v) is 12.2. The average molecular weight is 602 g/mol. The molecule has 0 spiro atoms. The number of phenols is 1. The summed E-state index contributed by atoms with van der Waals surface area (Å²) >= 11 is 1.76. The van der Waals surface area contributed by atoms with E-state index in [2.05, 4.69) is 10.3 Å². The molecule has 3 atom stereocenters. The van der Waals surface area contributed by atoms with Gasteiger partial charge in [0.25, 0.3) is 5.56 Å². The number of carbonyl (C=O) groups excluding carboxylic acids is 2. The number of fused-ring (bicyclic) bond motifs is 1. The number of likely N-dealkylation sites (tertiary alicyclic amines) is 1. The number of thioether (sulfide) groups is 1. The van der Waals surface area contributed by atoms with E-state index in [1.807, 2.05) is 24.3 Å². The molecule has 1 saturated carbocycles. The van der Waals surface area contributed by atoms with Crippen molar-refractivity contribution >= 4 is 40.1 Å². The van der Waals surface area contributed by atoms with E-state index in [1.54, 1.807) is 54.0 Å². The van der Waals surface area contributed by atoms with Crippen LogP contribution in [-0.2, 0) is 14.3 Å². The van der Waals surface area contributed by atoms with Crippen LogP contribution in [0.15, 0.2) is 82.6 Å². The lowest BCUT2D eigenvalue weighted by Gasteiger charge is -2.33. The van der Waals surface area contributed by atoms with Gasteiger partial charge in [-0.1, -0.05) is 30.3 Å². The van der Waals surface area contributed by atoms with Gasteiger partial charge in [0.05, 0.1) is 18.6 Å². The number of halogens is 1. The quantitative estimate of drug-likeness (QED) is 0.204. The predicted molar refractivity (Wildman–Crippen MR) is 164 cm³/mol. The maximum Gasteiger partial charge on any atom is 0.311 e. The van der Waals surface area contributed by atoms with Gasteiger partial charge in [-0.2, -0.15) is 0 Å². The van der Waals surface area contributed by atoms with Crippen LogP contribution in [0.2, 0.25) is 0 Å². The Morgan fingerprint density at radius 3 is 2.70 bits per heavy atom. The number of benzene rings is 3. The zero-order valence-corrected chi connectivity index (χ0v) is 24.4. The molecule has 8 nitrogen and oxygen atoms in total. The molecular weight excluding hydrogens is 569 g/mol. The summed E-state index contributed by atoms with van der Waals surface area (Å²) in [6, 6.07) is 17.0. The number of amides is 1. The topological polar surface area (TPSA) is 112 Å². The molecule has 1 saturated heterocycles. The zero-order valence-electron chi connectivity index (χ0n) is 23.6. The molecule has 222 valence electrons. The number of nitrogens with zero attached hydrogens (tertiary/aromatic N) is 1. The number of hydrogen-bond donors (Lipinski definition) is 3. The third-order valence-corrected chi connectivity index (χ3v) is 9.39. The Bertz CT molecular complexity index is 1740. The number of nitrogens with one attached hydrogen (secondary N) is 2. The number of aromatic amines is 1. The number of rotatable bonds is 9. The van der Waals surface area contributed by atoms with Crippen molar-refractivity contribution in [3.8, 4) is 5.75 Å². The fraction of sp³-hybridized carbons (Fsp3) is 0.303. The third-order valence-electron chi connectivity index (χ3n) is 7.96. The number of aromatic hydroxyl groups is 1. The fourth-order valence-electron chi connectivity index (χ4n) is 5.72. The lowest BCUT2D eigenvalue weighted by Crippen LogP contribution is -2.39. The molecule has 0 unspecified atom stereocenters. The maximum absolute atomic E-state index is 14.6. The summed E-state index contributed by atoms with van der Waals surface area (Å²) < 4.78 is 19.6. The highest BCUT2D eigenvalue weighted by molar-refractivity contribution is 8.00. The van der Waals surface area contributed by atoms with Crippen LogP contribution in [0.3, 0.4) is 0 Å². The SMILES string of the molecule is CCOC(=O)[C@H]1CCN(C(=O)[C@H](Nc2ccc3cc[nH]c(=O)c3c2)c2ccc(F)c(O)c2)[C@H]1c1ccccc1SC1CC1. The molecule has 2 aliphatic rings. The first-order valence-corrected chi connectivity index (χ1v) is 15.3. The van der Waals surface area contributed by atoms with E-state index in [0.29, 0.717) is 34.9 Å². The summed E-state index contributed by atoms with van der Waals surface area (Å²) in [7, 11) is 0. The van der Waals surface area contributed by atoms with Crippen LogP contribution in [0.25, 0.3) is 10.8 Å². The molecule has 4 aromatic rings. The van der Waals surface area contributed by atoms with Crippen LogP contribution >= 0.6 is 11.8 Å². The number of H-pyrrole nitrogens is 1. The van der Waals surface area contributed by atoms with Crippen LogP contribution in [0.5, 0.6) is 5.75 Å². The van der Waals surface area contributed by atoms with Gasteiger partial charge in [-0.05, 0) is 79.1 Å². The number of ether oxygens (including phenoxy) is 1. The average Bonchev–Trinajstić information content (AvgIpc) is 3.71. The molecule has 1 aliphatic heterocycles. The van der Waals surface area contributed by atoms with Gasteiger partial charge < -0.3 is 25.0 Å². The first-order valence-electron chi connectivity index (χ1n) is 14.4. The number of phenolic OH excluding ortho intramolecular Hbond substituents is 1. The van der Waals surface area contributed by atoms with Gasteiger partial charge in [-0.3, -0.25) is 14.4 Å². The zero-order chi connectivity index (χ0) is 30.1. The number of esters is 1. The molecule has 10 heteroatoms. The minimum Gasteiger partial charge on any atom is -0.505 e. The van der Waals surface area contributed by atoms with Gasteiger partial charge in [0.1, 0.15) is 6.04 Å². The summed E-state index contributed by atoms with van der Waals surface area (Å²) in [5, 5.41) is 15.2. The van der Waals surface area contributed by atoms with E-state index in [-0.39, 0.29) is 24.0 Å². The van der Waals surface area contributed by atoms with Gasteiger partial charge in [-0.25, -0.2) is 4.39 Å². The van der Waals surface area contributed by atoms with Crippen LogP contribution in [0.1, 0.15) is 49.4 Å². The van der Waals surface area contributed by atoms with Gasteiger partial charge in [0.2, 0.25) is 5.91 Å². The van der Waals surface area contributed by atoms with E-state index in [0.717, 1.165) is 34.8 Å². The Balaban J connectivity index is 1.41. The Hall–Kier alpha value is -4.31. The molecule has 3 aromatic carbocycles. The molecular formula is C33H32FN3O5S. The number of carbonyl (C=O) groups is 2. The van der Waals surface area contributed by atoms with E-state index >= 15 is 0 Å².